The van der Waals surface area contributed by atoms with Crippen molar-refractivity contribution in [2.24, 2.45) is 5.92 Å². The number of carbonyl (C=O) groups excluding carboxylic acids is 2. The van der Waals surface area contributed by atoms with Gasteiger partial charge in [0.2, 0.25) is 11.8 Å². The number of nitrogens with zero attached hydrogens (tertiary/aromatic N) is 1. The summed E-state index contributed by atoms with van der Waals surface area (Å²) in [6, 6.07) is 28.2. The van der Waals surface area contributed by atoms with Crippen LogP contribution in [0.4, 0.5) is 0 Å². The topological polar surface area (TPSA) is 49.4 Å². The number of piperidine rings is 1. The molecule has 0 bridgehead atoms. The third-order valence-corrected chi connectivity index (χ3v) is 9.01. The Hall–Kier alpha value is -3.11. The van der Waals surface area contributed by atoms with E-state index >= 15 is 0 Å². The smallest absolute Gasteiger partial charge is 0.231 e. The maximum Gasteiger partial charge on any atom is 0.231 e. The molecule has 4 nitrogen and oxygen atoms in total. The van der Waals surface area contributed by atoms with Gasteiger partial charge in [0.15, 0.2) is 0 Å². The van der Waals surface area contributed by atoms with E-state index in [9.17, 15) is 9.59 Å². The first-order valence-electron chi connectivity index (χ1n) is 13.9. The third-order valence-electron chi connectivity index (χ3n) is 8.75. The van der Waals surface area contributed by atoms with Crippen LogP contribution in [0, 0.1) is 5.92 Å². The van der Waals surface area contributed by atoms with Gasteiger partial charge in [-0.3, -0.25) is 9.59 Å². The first-order valence-corrected chi connectivity index (χ1v) is 14.3. The highest BCUT2D eigenvalue weighted by Gasteiger charge is 2.45. The Bertz CT molecular complexity index is 1210. The summed E-state index contributed by atoms with van der Waals surface area (Å²) in [7, 11) is 0. The quantitative estimate of drug-likeness (QED) is 0.372. The summed E-state index contributed by atoms with van der Waals surface area (Å²) < 4.78 is 0. The molecule has 1 saturated carbocycles. The van der Waals surface area contributed by atoms with Crippen molar-refractivity contribution in [3.63, 3.8) is 0 Å². The van der Waals surface area contributed by atoms with Crippen LogP contribution in [0.25, 0.3) is 0 Å². The molecule has 38 heavy (non-hydrogen) atoms. The van der Waals surface area contributed by atoms with Gasteiger partial charge < -0.3 is 10.2 Å². The van der Waals surface area contributed by atoms with Gasteiger partial charge in [-0.15, -0.1) is 0 Å². The fraction of sp³-hybridized carbons (Fsp3) is 0.394. The standard InChI is InChI=1S/C33H37ClN2O2/c1-24(25-8-4-2-5-9-25)35-32(38)33(29-10-6-3-7-11-29)20-22-36(23-21-33)31(37)28-14-12-26(13-15-28)27-16-18-30(34)19-17-27/h2-11,16-19,24,26,28H,12-15,20-23H2,1H3,(H,35,38)/t24-,26?,28?/m0/s1. The zero-order valence-electron chi connectivity index (χ0n) is 22.1. The van der Waals surface area contributed by atoms with Crippen LogP contribution in [0.3, 0.4) is 0 Å². The minimum atomic E-state index is -0.632. The summed E-state index contributed by atoms with van der Waals surface area (Å²) in [5.74, 6) is 0.892. The minimum absolute atomic E-state index is 0.0515. The Morgan fingerprint density at radius 3 is 2.03 bits per heavy atom. The highest BCUT2D eigenvalue weighted by molar-refractivity contribution is 6.30. The van der Waals surface area contributed by atoms with Crippen LogP contribution < -0.4 is 5.32 Å². The molecule has 1 N–H and O–H groups in total. The number of benzene rings is 3. The zero-order chi connectivity index (χ0) is 26.5. The molecule has 1 saturated heterocycles. The summed E-state index contributed by atoms with van der Waals surface area (Å²) in [4.78, 5) is 29.4. The molecular weight excluding hydrogens is 492 g/mol. The maximum atomic E-state index is 13.9. The van der Waals surface area contributed by atoms with E-state index in [0.29, 0.717) is 31.8 Å². The normalized spacial score (nSPS) is 21.9. The Balaban J connectivity index is 1.23. The highest BCUT2D eigenvalue weighted by atomic mass is 35.5. The van der Waals surface area contributed by atoms with Gasteiger partial charge in [-0.1, -0.05) is 84.4 Å². The lowest BCUT2D eigenvalue weighted by Crippen LogP contribution is -2.54. The monoisotopic (exact) mass is 528 g/mol. The second-order valence-corrected chi connectivity index (χ2v) is 11.4. The maximum absolute atomic E-state index is 13.9. The van der Waals surface area contributed by atoms with Gasteiger partial charge in [0, 0.05) is 24.0 Å². The molecule has 5 rings (SSSR count). The van der Waals surface area contributed by atoms with E-state index in [1.807, 2.05) is 72.5 Å². The molecule has 198 valence electrons. The molecule has 1 aliphatic heterocycles. The van der Waals surface area contributed by atoms with Crippen LogP contribution in [-0.2, 0) is 15.0 Å². The van der Waals surface area contributed by atoms with E-state index in [0.717, 1.165) is 41.8 Å². The van der Waals surface area contributed by atoms with E-state index in [1.165, 1.54) is 5.56 Å². The molecule has 0 spiro atoms. The van der Waals surface area contributed by atoms with Crippen LogP contribution in [0.2, 0.25) is 5.02 Å². The number of amides is 2. The second kappa shape index (κ2) is 11.7. The first kappa shape index (κ1) is 26.5. The van der Waals surface area contributed by atoms with Crippen molar-refractivity contribution in [1.82, 2.24) is 10.2 Å². The van der Waals surface area contributed by atoms with E-state index in [4.69, 9.17) is 11.6 Å². The van der Waals surface area contributed by atoms with Crippen molar-refractivity contribution >= 4 is 23.4 Å². The molecule has 2 fully saturated rings. The average molecular weight is 529 g/mol. The van der Waals surface area contributed by atoms with Crippen LogP contribution in [-0.4, -0.2) is 29.8 Å². The van der Waals surface area contributed by atoms with Crippen LogP contribution in [0.1, 0.15) is 74.1 Å². The summed E-state index contributed by atoms with van der Waals surface area (Å²) in [6.45, 7) is 3.25. The third kappa shape index (κ3) is 5.66. The van der Waals surface area contributed by atoms with Gasteiger partial charge >= 0.3 is 0 Å². The van der Waals surface area contributed by atoms with Crippen molar-refractivity contribution in [2.75, 3.05) is 13.1 Å². The van der Waals surface area contributed by atoms with Crippen LogP contribution >= 0.6 is 11.6 Å². The van der Waals surface area contributed by atoms with Crippen molar-refractivity contribution in [2.45, 2.75) is 62.8 Å². The highest BCUT2D eigenvalue weighted by Crippen LogP contribution is 2.40. The number of nitrogens with one attached hydrogen (secondary N) is 1. The van der Waals surface area contributed by atoms with Crippen molar-refractivity contribution in [3.8, 4) is 0 Å². The van der Waals surface area contributed by atoms with Gasteiger partial charge in [0.25, 0.3) is 0 Å². The fourth-order valence-corrected chi connectivity index (χ4v) is 6.47. The zero-order valence-corrected chi connectivity index (χ0v) is 22.9. The number of halogens is 1. The predicted molar refractivity (Wildman–Crippen MR) is 153 cm³/mol. The molecular formula is C33H37ClN2O2. The minimum Gasteiger partial charge on any atom is -0.349 e. The largest absolute Gasteiger partial charge is 0.349 e. The molecule has 0 aromatic heterocycles. The number of rotatable bonds is 6. The number of likely N-dealkylation sites (tertiary alicyclic amines) is 1. The average Bonchev–Trinajstić information content (AvgIpc) is 2.98. The SMILES string of the molecule is C[C@H](NC(=O)C1(c2ccccc2)CCN(C(=O)C2CCC(c3ccc(Cl)cc3)CC2)CC1)c1ccccc1. The van der Waals surface area contributed by atoms with E-state index < -0.39 is 5.41 Å². The summed E-state index contributed by atoms with van der Waals surface area (Å²) in [5, 5.41) is 4.05. The molecule has 2 aliphatic rings. The van der Waals surface area contributed by atoms with Gasteiger partial charge in [0.1, 0.15) is 0 Å². The van der Waals surface area contributed by atoms with Crippen molar-refractivity contribution < 1.29 is 9.59 Å². The van der Waals surface area contributed by atoms with Crippen LogP contribution in [0.15, 0.2) is 84.9 Å². The Morgan fingerprint density at radius 2 is 1.42 bits per heavy atom. The predicted octanol–water partition coefficient (Wildman–Crippen LogP) is 7.05. The Kier molecular flexibility index (Phi) is 8.18. The molecule has 0 unspecified atom stereocenters. The van der Waals surface area contributed by atoms with E-state index in [1.54, 1.807) is 0 Å². The lowest BCUT2D eigenvalue weighted by Gasteiger charge is -2.43. The number of carbonyl (C=O) groups is 2. The number of hydrogen-bond donors (Lipinski definition) is 1. The molecule has 0 radical (unpaired) electrons. The summed E-state index contributed by atoms with van der Waals surface area (Å²) in [5.41, 5.74) is 2.81. The second-order valence-electron chi connectivity index (χ2n) is 11.0. The van der Waals surface area contributed by atoms with Gasteiger partial charge in [-0.2, -0.15) is 0 Å². The first-order chi connectivity index (χ1) is 18.5. The molecule has 1 atom stereocenters. The van der Waals surface area contributed by atoms with Crippen molar-refractivity contribution in [1.29, 1.82) is 0 Å². The molecule has 2 amide bonds. The van der Waals surface area contributed by atoms with Crippen molar-refractivity contribution in [3.05, 3.63) is 107 Å². The summed E-state index contributed by atoms with van der Waals surface area (Å²) >= 11 is 6.06. The van der Waals surface area contributed by atoms with Gasteiger partial charge in [-0.25, -0.2) is 0 Å². The lowest BCUT2D eigenvalue weighted by atomic mass is 9.71. The summed E-state index contributed by atoms with van der Waals surface area (Å²) in [6.07, 6.45) is 5.16. The Morgan fingerprint density at radius 1 is 0.842 bits per heavy atom. The molecule has 3 aromatic rings. The van der Waals surface area contributed by atoms with Gasteiger partial charge in [0.05, 0.1) is 11.5 Å². The van der Waals surface area contributed by atoms with Gasteiger partial charge in [-0.05, 0) is 80.2 Å². The molecule has 3 aromatic carbocycles. The molecule has 1 aliphatic carbocycles. The molecule has 5 heteroatoms. The van der Waals surface area contributed by atoms with E-state index in [-0.39, 0.29) is 23.8 Å². The number of hydrogen-bond acceptors (Lipinski definition) is 2. The fourth-order valence-electron chi connectivity index (χ4n) is 6.34. The Labute approximate surface area is 231 Å². The molecule has 1 heterocycles. The van der Waals surface area contributed by atoms with E-state index in [2.05, 4.69) is 29.6 Å². The van der Waals surface area contributed by atoms with Crippen LogP contribution in [0.5, 0.6) is 0 Å². The lowest BCUT2D eigenvalue weighted by molar-refractivity contribution is -0.141.